The van der Waals surface area contributed by atoms with Gasteiger partial charge < -0.3 is 10.6 Å². The van der Waals surface area contributed by atoms with Crippen LogP contribution in [0, 0.1) is 0 Å². The van der Waals surface area contributed by atoms with E-state index in [9.17, 15) is 19.2 Å². The predicted octanol–water partition coefficient (Wildman–Crippen LogP) is 5.10. The number of thioether (sulfide) groups is 1. The maximum absolute atomic E-state index is 13.4. The molecule has 0 bridgehead atoms. The van der Waals surface area contributed by atoms with E-state index < -0.39 is 17.1 Å². The van der Waals surface area contributed by atoms with Gasteiger partial charge in [0.2, 0.25) is 11.8 Å². The highest BCUT2D eigenvalue weighted by molar-refractivity contribution is 8.00. The molecule has 0 aromatic heterocycles. The van der Waals surface area contributed by atoms with E-state index >= 15 is 0 Å². The summed E-state index contributed by atoms with van der Waals surface area (Å²) >= 11 is 1.32. The number of benzene rings is 4. The first-order valence-electron chi connectivity index (χ1n) is 12.3. The first-order chi connectivity index (χ1) is 18.9. The van der Waals surface area contributed by atoms with E-state index in [2.05, 4.69) is 10.6 Å². The van der Waals surface area contributed by atoms with Crippen molar-refractivity contribution in [3.8, 4) is 0 Å². The van der Waals surface area contributed by atoms with Gasteiger partial charge in [-0.2, -0.15) is 0 Å². The Bertz CT molecular complexity index is 1590. The number of amides is 4. The quantitative estimate of drug-likeness (QED) is 0.254. The molecule has 0 aliphatic carbocycles. The summed E-state index contributed by atoms with van der Waals surface area (Å²) in [7, 11) is 1.49. The summed E-state index contributed by atoms with van der Waals surface area (Å²) < 4.78 is 0. The molecule has 1 saturated heterocycles. The van der Waals surface area contributed by atoms with Crippen molar-refractivity contribution in [3.05, 3.63) is 114 Å². The molecule has 1 atom stereocenters. The zero-order valence-electron chi connectivity index (χ0n) is 21.1. The van der Waals surface area contributed by atoms with Crippen molar-refractivity contribution in [1.29, 1.82) is 0 Å². The molecule has 39 heavy (non-hydrogen) atoms. The van der Waals surface area contributed by atoms with Gasteiger partial charge in [-0.15, -0.1) is 11.8 Å². The Balaban J connectivity index is 1.38. The van der Waals surface area contributed by atoms with Crippen LogP contribution in [0.2, 0.25) is 0 Å². The number of likely N-dealkylation sites (tertiary alicyclic amines) is 1. The summed E-state index contributed by atoms with van der Waals surface area (Å²) in [6.07, 6.45) is 1.84. The second-order valence-corrected chi connectivity index (χ2v) is 10.3. The third kappa shape index (κ3) is 5.91. The van der Waals surface area contributed by atoms with Gasteiger partial charge in [-0.05, 0) is 58.8 Å². The summed E-state index contributed by atoms with van der Waals surface area (Å²) in [5.41, 5.74) is 1.84. The van der Waals surface area contributed by atoms with Crippen LogP contribution in [0.4, 0.5) is 5.69 Å². The van der Waals surface area contributed by atoms with E-state index in [1.54, 1.807) is 54.6 Å². The van der Waals surface area contributed by atoms with Crippen molar-refractivity contribution in [2.24, 2.45) is 0 Å². The second kappa shape index (κ2) is 11.4. The van der Waals surface area contributed by atoms with Gasteiger partial charge in [0.05, 0.1) is 5.25 Å². The number of rotatable bonds is 7. The molecule has 2 N–H and O–H groups in total. The molecule has 1 aliphatic heterocycles. The lowest BCUT2D eigenvalue weighted by atomic mass is 10.0. The highest BCUT2D eigenvalue weighted by Gasteiger charge is 2.36. The minimum Gasteiger partial charge on any atom is -0.321 e. The van der Waals surface area contributed by atoms with E-state index in [0.29, 0.717) is 11.3 Å². The number of imide groups is 1. The minimum atomic E-state index is -0.481. The van der Waals surface area contributed by atoms with Crippen molar-refractivity contribution in [1.82, 2.24) is 10.2 Å². The molecular weight excluding hydrogens is 510 g/mol. The Hall–Kier alpha value is -4.69. The van der Waals surface area contributed by atoms with Gasteiger partial charge in [0, 0.05) is 29.6 Å². The zero-order chi connectivity index (χ0) is 27.4. The first-order valence-corrected chi connectivity index (χ1v) is 13.2. The Morgan fingerprint density at radius 3 is 2.28 bits per heavy atom. The van der Waals surface area contributed by atoms with Crippen LogP contribution in [0.15, 0.2) is 108 Å². The summed E-state index contributed by atoms with van der Waals surface area (Å²) in [6, 6.07) is 29.3. The fourth-order valence-corrected chi connectivity index (χ4v) is 5.37. The zero-order valence-corrected chi connectivity index (χ0v) is 21.9. The van der Waals surface area contributed by atoms with Crippen LogP contribution in [-0.2, 0) is 14.4 Å². The van der Waals surface area contributed by atoms with Crippen LogP contribution >= 0.6 is 11.8 Å². The lowest BCUT2D eigenvalue weighted by molar-refractivity contribution is -0.136. The van der Waals surface area contributed by atoms with E-state index in [1.807, 2.05) is 48.5 Å². The predicted molar refractivity (Wildman–Crippen MR) is 153 cm³/mol. The molecule has 1 fully saturated rings. The summed E-state index contributed by atoms with van der Waals surface area (Å²) in [4.78, 5) is 52.3. The van der Waals surface area contributed by atoms with Gasteiger partial charge >= 0.3 is 0 Å². The van der Waals surface area contributed by atoms with Crippen LogP contribution < -0.4 is 10.6 Å². The van der Waals surface area contributed by atoms with Gasteiger partial charge in [0.15, 0.2) is 0 Å². The SMILES string of the molecule is CN1C(=O)CC(Sc2ccc(NC(=O)/C(=C/c3cccc4ccccc34)NC(=O)c3ccccc3)cc2)C1=O. The molecular formula is C31H25N3O4S. The smallest absolute Gasteiger partial charge is 0.272 e. The molecule has 1 heterocycles. The number of hydrogen-bond acceptors (Lipinski definition) is 5. The molecule has 1 aliphatic rings. The normalized spacial score (nSPS) is 15.5. The highest BCUT2D eigenvalue weighted by Crippen LogP contribution is 2.31. The fourth-order valence-electron chi connectivity index (χ4n) is 4.27. The number of carbonyl (C=O) groups excluding carboxylic acids is 4. The van der Waals surface area contributed by atoms with Gasteiger partial charge in [-0.3, -0.25) is 24.1 Å². The van der Waals surface area contributed by atoms with Crippen LogP contribution in [0.3, 0.4) is 0 Å². The van der Waals surface area contributed by atoms with Crippen LogP contribution in [0.25, 0.3) is 16.8 Å². The van der Waals surface area contributed by atoms with Gasteiger partial charge in [0.1, 0.15) is 5.70 Å². The van der Waals surface area contributed by atoms with Crippen LogP contribution in [-0.4, -0.2) is 40.8 Å². The van der Waals surface area contributed by atoms with Gasteiger partial charge in [0.25, 0.3) is 11.8 Å². The van der Waals surface area contributed by atoms with Gasteiger partial charge in [-0.25, -0.2) is 0 Å². The lowest BCUT2D eigenvalue weighted by Crippen LogP contribution is -2.30. The Labute approximate surface area is 229 Å². The lowest BCUT2D eigenvalue weighted by Gasteiger charge is -2.13. The molecule has 4 aromatic rings. The highest BCUT2D eigenvalue weighted by atomic mass is 32.2. The van der Waals surface area contributed by atoms with E-state index in [4.69, 9.17) is 0 Å². The molecule has 0 spiro atoms. The number of carbonyl (C=O) groups is 4. The maximum atomic E-state index is 13.4. The molecule has 0 radical (unpaired) electrons. The van der Waals surface area contributed by atoms with Gasteiger partial charge in [-0.1, -0.05) is 60.7 Å². The number of nitrogens with zero attached hydrogens (tertiary/aromatic N) is 1. The molecule has 194 valence electrons. The van der Waals surface area contributed by atoms with Crippen molar-refractivity contribution in [3.63, 3.8) is 0 Å². The van der Waals surface area contributed by atoms with E-state index in [0.717, 1.165) is 26.1 Å². The molecule has 8 heteroatoms. The van der Waals surface area contributed by atoms with Crippen molar-refractivity contribution in [2.45, 2.75) is 16.6 Å². The first kappa shape index (κ1) is 25.9. The summed E-state index contributed by atoms with van der Waals surface area (Å²) in [5.74, 6) is -1.28. The van der Waals surface area contributed by atoms with Crippen molar-refractivity contribution >= 4 is 57.9 Å². The second-order valence-electron chi connectivity index (χ2n) is 9.03. The Morgan fingerprint density at radius 1 is 0.872 bits per heavy atom. The van der Waals surface area contributed by atoms with E-state index in [1.165, 1.54) is 18.8 Å². The Kier molecular flexibility index (Phi) is 7.56. The summed E-state index contributed by atoms with van der Waals surface area (Å²) in [6.45, 7) is 0. The monoisotopic (exact) mass is 535 g/mol. The fraction of sp³-hybridized carbons (Fsp3) is 0.0968. The number of hydrogen-bond donors (Lipinski definition) is 2. The topological polar surface area (TPSA) is 95.6 Å². The Morgan fingerprint density at radius 2 is 1.56 bits per heavy atom. The number of fused-ring (bicyclic) bond motifs is 1. The van der Waals surface area contributed by atoms with E-state index in [-0.39, 0.29) is 23.9 Å². The average Bonchev–Trinajstić information content (AvgIpc) is 3.20. The third-order valence-electron chi connectivity index (χ3n) is 6.38. The molecule has 4 amide bonds. The largest absolute Gasteiger partial charge is 0.321 e. The number of nitrogens with one attached hydrogen (secondary N) is 2. The third-order valence-corrected chi connectivity index (χ3v) is 7.58. The molecule has 1 unspecified atom stereocenters. The maximum Gasteiger partial charge on any atom is 0.272 e. The van der Waals surface area contributed by atoms with Crippen molar-refractivity contribution in [2.75, 3.05) is 12.4 Å². The van der Waals surface area contributed by atoms with Crippen molar-refractivity contribution < 1.29 is 19.2 Å². The standard InChI is InChI=1S/C31H25N3O4S/c1-34-28(35)19-27(31(34)38)39-24-16-14-23(15-17-24)32-30(37)26(33-29(36)21-9-3-2-4-10-21)18-22-12-7-11-20-8-5-6-13-25(20)22/h2-18,27H,19H2,1H3,(H,32,37)(H,33,36)/b26-18-. The summed E-state index contributed by atoms with van der Waals surface area (Å²) in [5, 5.41) is 7.14. The molecule has 5 rings (SSSR count). The van der Waals surface area contributed by atoms with Crippen LogP contribution in [0.1, 0.15) is 22.3 Å². The van der Waals surface area contributed by atoms with Crippen LogP contribution in [0.5, 0.6) is 0 Å². The minimum absolute atomic E-state index is 0.0942. The number of anilines is 1. The molecule has 7 nitrogen and oxygen atoms in total. The molecule has 0 saturated carbocycles. The average molecular weight is 536 g/mol. The molecule has 4 aromatic carbocycles.